The molecule has 0 saturated carbocycles. The minimum atomic E-state index is -4.43. The first-order chi connectivity index (χ1) is 15.4. The fourth-order valence-corrected chi connectivity index (χ4v) is 3.55. The predicted molar refractivity (Wildman–Crippen MR) is 123 cm³/mol. The maximum Gasteiger partial charge on any atom is 0.391 e. The number of alkyl halides is 3. The van der Waals surface area contributed by atoms with Crippen molar-refractivity contribution in [3.8, 4) is 0 Å². The van der Waals surface area contributed by atoms with Crippen LogP contribution in [-0.2, 0) is 22.4 Å². The molecule has 2 aromatic carbocycles. The van der Waals surface area contributed by atoms with Crippen LogP contribution in [0.25, 0.3) is 0 Å². The van der Waals surface area contributed by atoms with E-state index in [1.54, 1.807) is 68.4 Å². The topological polar surface area (TPSA) is 84.2 Å². The third-order valence-corrected chi connectivity index (χ3v) is 5.42. The predicted octanol–water partition coefficient (Wildman–Crippen LogP) is 4.03. The molecule has 5 nitrogen and oxygen atoms in total. The monoisotopic (exact) mass is 483 g/mol. The van der Waals surface area contributed by atoms with Gasteiger partial charge in [-0.3, -0.25) is 9.59 Å². The Labute approximate surface area is 196 Å². The molecular formula is C24H29ClF3N3O2. The zero-order chi connectivity index (χ0) is 24.6. The SMILES string of the molecule is CC(C)[C@@H](CC(F)(F)F)NC(=O)C(Cc1ccccc1)NC(=O)[C@H](N)Cc1cccc(Cl)c1. The Kier molecular flexibility index (Phi) is 9.73. The second kappa shape index (κ2) is 12.0. The maximum absolute atomic E-state index is 13.0. The normalized spacial score (nSPS) is 14.4. The van der Waals surface area contributed by atoms with Crippen molar-refractivity contribution in [1.82, 2.24) is 10.6 Å². The number of benzene rings is 2. The van der Waals surface area contributed by atoms with Gasteiger partial charge in [-0.25, -0.2) is 0 Å². The molecular weight excluding hydrogens is 455 g/mol. The van der Waals surface area contributed by atoms with Crippen LogP contribution in [-0.4, -0.2) is 36.1 Å². The van der Waals surface area contributed by atoms with E-state index in [-0.39, 0.29) is 12.8 Å². The van der Waals surface area contributed by atoms with Crippen molar-refractivity contribution in [3.63, 3.8) is 0 Å². The van der Waals surface area contributed by atoms with Crippen LogP contribution >= 0.6 is 11.6 Å². The smallest absolute Gasteiger partial charge is 0.351 e. The van der Waals surface area contributed by atoms with E-state index in [2.05, 4.69) is 10.6 Å². The molecule has 2 rings (SSSR count). The molecule has 9 heteroatoms. The van der Waals surface area contributed by atoms with Gasteiger partial charge in [0.15, 0.2) is 0 Å². The molecule has 0 aliphatic heterocycles. The summed E-state index contributed by atoms with van der Waals surface area (Å²) in [5.74, 6) is -1.72. The summed E-state index contributed by atoms with van der Waals surface area (Å²) in [6.45, 7) is 3.20. The van der Waals surface area contributed by atoms with Crippen LogP contribution < -0.4 is 16.4 Å². The second-order valence-corrected chi connectivity index (χ2v) is 8.81. The van der Waals surface area contributed by atoms with Crippen LogP contribution in [0.1, 0.15) is 31.4 Å². The molecule has 0 bridgehead atoms. The first kappa shape index (κ1) is 26.7. The van der Waals surface area contributed by atoms with Crippen molar-refractivity contribution >= 4 is 23.4 Å². The number of amides is 2. The highest BCUT2D eigenvalue weighted by Crippen LogP contribution is 2.24. The molecule has 33 heavy (non-hydrogen) atoms. The van der Waals surface area contributed by atoms with E-state index in [1.807, 2.05) is 0 Å². The molecule has 180 valence electrons. The van der Waals surface area contributed by atoms with E-state index in [0.717, 1.165) is 11.1 Å². The first-order valence-corrected chi connectivity index (χ1v) is 11.0. The van der Waals surface area contributed by atoms with Gasteiger partial charge >= 0.3 is 6.18 Å². The van der Waals surface area contributed by atoms with Crippen molar-refractivity contribution in [1.29, 1.82) is 0 Å². The summed E-state index contributed by atoms with van der Waals surface area (Å²) in [5.41, 5.74) is 7.54. The minimum Gasteiger partial charge on any atom is -0.351 e. The quantitative estimate of drug-likeness (QED) is 0.477. The zero-order valence-electron chi connectivity index (χ0n) is 18.5. The molecule has 1 unspecified atom stereocenters. The van der Waals surface area contributed by atoms with Gasteiger partial charge in [0.25, 0.3) is 0 Å². The van der Waals surface area contributed by atoms with Gasteiger partial charge in [0.05, 0.1) is 12.5 Å². The van der Waals surface area contributed by atoms with Crippen molar-refractivity contribution in [2.24, 2.45) is 11.7 Å². The van der Waals surface area contributed by atoms with Gasteiger partial charge in [-0.15, -0.1) is 0 Å². The van der Waals surface area contributed by atoms with Crippen LogP contribution in [0.3, 0.4) is 0 Å². The molecule has 3 atom stereocenters. The molecule has 0 aromatic heterocycles. The van der Waals surface area contributed by atoms with Gasteiger partial charge in [-0.05, 0) is 35.6 Å². The van der Waals surface area contributed by atoms with Gasteiger partial charge in [-0.1, -0.05) is 67.9 Å². The van der Waals surface area contributed by atoms with E-state index < -0.39 is 48.5 Å². The Hall–Kier alpha value is -2.58. The summed E-state index contributed by atoms with van der Waals surface area (Å²) < 4.78 is 38.9. The van der Waals surface area contributed by atoms with E-state index >= 15 is 0 Å². The molecule has 2 aromatic rings. The summed E-state index contributed by atoms with van der Waals surface area (Å²) >= 11 is 5.97. The van der Waals surface area contributed by atoms with Gasteiger partial charge in [0.1, 0.15) is 6.04 Å². The van der Waals surface area contributed by atoms with Crippen LogP contribution in [0, 0.1) is 5.92 Å². The third kappa shape index (κ3) is 9.43. The van der Waals surface area contributed by atoms with E-state index in [9.17, 15) is 22.8 Å². The van der Waals surface area contributed by atoms with Gasteiger partial charge in [-0.2, -0.15) is 13.2 Å². The average molecular weight is 484 g/mol. The standard InChI is InChI=1S/C24H29ClF3N3O2/c1-15(2)21(14-24(26,27)28)31-23(33)20(13-16-7-4-3-5-8-16)30-22(32)19(29)12-17-9-6-10-18(25)11-17/h3-11,15,19-21H,12-14,29H2,1-2H3,(H,30,32)(H,31,33)/t19-,20?,21-/m1/s1. The number of carbonyl (C=O) groups is 2. The molecule has 2 amide bonds. The maximum atomic E-state index is 13.0. The van der Waals surface area contributed by atoms with Crippen LogP contribution in [0.5, 0.6) is 0 Å². The number of hydrogen-bond donors (Lipinski definition) is 3. The van der Waals surface area contributed by atoms with Gasteiger partial charge in [0.2, 0.25) is 11.8 Å². The van der Waals surface area contributed by atoms with Crippen LogP contribution in [0.15, 0.2) is 54.6 Å². The summed E-state index contributed by atoms with van der Waals surface area (Å²) in [7, 11) is 0. The van der Waals surface area contributed by atoms with E-state index in [4.69, 9.17) is 17.3 Å². The van der Waals surface area contributed by atoms with Crippen molar-refractivity contribution < 1.29 is 22.8 Å². The summed E-state index contributed by atoms with van der Waals surface area (Å²) in [5, 5.41) is 5.59. The molecule has 0 fully saturated rings. The fourth-order valence-electron chi connectivity index (χ4n) is 3.33. The van der Waals surface area contributed by atoms with Crippen molar-refractivity contribution in [2.75, 3.05) is 0 Å². The first-order valence-electron chi connectivity index (χ1n) is 10.7. The largest absolute Gasteiger partial charge is 0.391 e. The summed E-state index contributed by atoms with van der Waals surface area (Å²) in [6.07, 6.45) is -5.29. The lowest BCUT2D eigenvalue weighted by atomic mass is 9.98. The zero-order valence-corrected chi connectivity index (χ0v) is 19.3. The molecule has 0 radical (unpaired) electrons. The molecule has 4 N–H and O–H groups in total. The highest BCUT2D eigenvalue weighted by Gasteiger charge is 2.35. The lowest BCUT2D eigenvalue weighted by Gasteiger charge is -2.27. The lowest BCUT2D eigenvalue weighted by molar-refractivity contribution is -0.145. The highest BCUT2D eigenvalue weighted by molar-refractivity contribution is 6.30. The Morgan fingerprint density at radius 2 is 1.58 bits per heavy atom. The number of rotatable bonds is 10. The third-order valence-electron chi connectivity index (χ3n) is 5.18. The number of carbonyl (C=O) groups excluding carboxylic acids is 2. The van der Waals surface area contributed by atoms with Crippen molar-refractivity contribution in [3.05, 3.63) is 70.7 Å². The summed E-state index contributed by atoms with van der Waals surface area (Å²) in [4.78, 5) is 25.7. The molecule has 0 aliphatic carbocycles. The number of nitrogens with two attached hydrogens (primary N) is 1. The van der Waals surface area contributed by atoms with Gasteiger partial charge in [0, 0.05) is 17.5 Å². The Bertz CT molecular complexity index is 923. The minimum absolute atomic E-state index is 0.110. The van der Waals surface area contributed by atoms with Crippen molar-refractivity contribution in [2.45, 2.75) is 57.4 Å². The second-order valence-electron chi connectivity index (χ2n) is 8.37. The van der Waals surface area contributed by atoms with E-state index in [0.29, 0.717) is 5.02 Å². The number of halogens is 4. The Morgan fingerprint density at radius 1 is 0.939 bits per heavy atom. The van der Waals surface area contributed by atoms with Crippen LogP contribution in [0.4, 0.5) is 13.2 Å². The van der Waals surface area contributed by atoms with Crippen LogP contribution in [0.2, 0.25) is 5.02 Å². The molecule has 0 heterocycles. The lowest BCUT2D eigenvalue weighted by Crippen LogP contribution is -2.55. The molecule has 0 saturated heterocycles. The Morgan fingerprint density at radius 3 is 2.15 bits per heavy atom. The van der Waals surface area contributed by atoms with Gasteiger partial charge < -0.3 is 16.4 Å². The number of nitrogens with one attached hydrogen (secondary N) is 2. The average Bonchev–Trinajstić information content (AvgIpc) is 2.72. The highest BCUT2D eigenvalue weighted by atomic mass is 35.5. The molecule has 0 aliphatic rings. The Balaban J connectivity index is 2.15. The fraction of sp³-hybridized carbons (Fsp3) is 0.417. The number of hydrogen-bond acceptors (Lipinski definition) is 3. The summed E-state index contributed by atoms with van der Waals surface area (Å²) in [6, 6.07) is 12.6. The van der Waals surface area contributed by atoms with E-state index in [1.165, 1.54) is 0 Å². The molecule has 0 spiro atoms.